The molecule has 158 valence electrons. The predicted molar refractivity (Wildman–Crippen MR) is 125 cm³/mol. The normalized spacial score (nSPS) is 16.5. The molecule has 2 N–H and O–H groups in total. The van der Waals surface area contributed by atoms with Crippen molar-refractivity contribution in [1.82, 2.24) is 9.88 Å². The smallest absolute Gasteiger partial charge is 0.254 e. The summed E-state index contributed by atoms with van der Waals surface area (Å²) in [5.74, 6) is 0.675. The zero-order chi connectivity index (χ0) is 21.4. The number of aromatic nitrogens is 1. The van der Waals surface area contributed by atoms with E-state index in [0.717, 1.165) is 71.1 Å². The summed E-state index contributed by atoms with van der Waals surface area (Å²) < 4.78 is 5.44. The standard InChI is InChI=1S/C26H27N3O2/c1-17-5-4-6-21(26(30)29-11-2-3-12-29)24(17)19-7-8-23-20(15-19)16-22(25(27)28-23)18-9-13-31-14-10-18/h4-9,15-16H,2-3,10-14H2,1H3,(H2,27,28). The van der Waals surface area contributed by atoms with Crippen LogP contribution in [0.3, 0.4) is 0 Å². The molecule has 0 atom stereocenters. The number of anilines is 1. The van der Waals surface area contributed by atoms with Crippen LogP contribution in [0.2, 0.25) is 0 Å². The molecule has 2 aromatic carbocycles. The molecule has 0 bridgehead atoms. The van der Waals surface area contributed by atoms with Gasteiger partial charge in [0.1, 0.15) is 5.82 Å². The van der Waals surface area contributed by atoms with Crippen molar-refractivity contribution in [1.29, 1.82) is 0 Å². The summed E-state index contributed by atoms with van der Waals surface area (Å²) in [6.07, 6.45) is 5.09. The van der Waals surface area contributed by atoms with E-state index in [1.807, 2.05) is 29.2 Å². The Kier molecular flexibility index (Phi) is 5.20. The number of carbonyl (C=O) groups is 1. The summed E-state index contributed by atoms with van der Waals surface area (Å²) in [5.41, 5.74) is 13.2. The average molecular weight is 414 g/mol. The summed E-state index contributed by atoms with van der Waals surface area (Å²) in [5, 5.41) is 1.02. The highest BCUT2D eigenvalue weighted by Crippen LogP contribution is 2.34. The number of nitrogens with two attached hydrogens (primary N) is 1. The molecule has 0 saturated carbocycles. The minimum Gasteiger partial charge on any atom is -0.383 e. The van der Waals surface area contributed by atoms with Crippen LogP contribution >= 0.6 is 0 Å². The predicted octanol–water partition coefficient (Wildman–Crippen LogP) is 4.83. The van der Waals surface area contributed by atoms with Gasteiger partial charge in [-0.1, -0.05) is 24.3 Å². The van der Waals surface area contributed by atoms with Gasteiger partial charge < -0.3 is 15.4 Å². The summed E-state index contributed by atoms with van der Waals surface area (Å²) in [6.45, 7) is 5.07. The van der Waals surface area contributed by atoms with E-state index in [2.05, 4.69) is 36.2 Å². The molecular formula is C26H27N3O2. The second kappa shape index (κ2) is 8.16. The number of fused-ring (bicyclic) bond motifs is 1. The second-order valence-electron chi connectivity index (χ2n) is 8.38. The fraction of sp³-hybridized carbons (Fsp3) is 0.308. The fourth-order valence-electron chi connectivity index (χ4n) is 4.70. The third-order valence-electron chi connectivity index (χ3n) is 6.34. The quantitative estimate of drug-likeness (QED) is 0.668. The molecule has 2 aliphatic heterocycles. The number of nitrogen functional groups attached to an aromatic ring is 1. The number of benzene rings is 2. The van der Waals surface area contributed by atoms with Crippen molar-refractivity contribution < 1.29 is 9.53 Å². The lowest BCUT2D eigenvalue weighted by Crippen LogP contribution is -2.28. The number of hydrogen-bond donors (Lipinski definition) is 1. The molecule has 5 rings (SSSR count). The zero-order valence-corrected chi connectivity index (χ0v) is 17.9. The van der Waals surface area contributed by atoms with Gasteiger partial charge >= 0.3 is 0 Å². The van der Waals surface area contributed by atoms with E-state index in [0.29, 0.717) is 19.0 Å². The van der Waals surface area contributed by atoms with Crippen molar-refractivity contribution in [3.63, 3.8) is 0 Å². The van der Waals surface area contributed by atoms with Crippen LogP contribution in [-0.4, -0.2) is 42.1 Å². The zero-order valence-electron chi connectivity index (χ0n) is 17.9. The summed E-state index contributed by atoms with van der Waals surface area (Å²) in [7, 11) is 0. The Morgan fingerprint density at radius 1 is 1.13 bits per heavy atom. The Labute approximate surface area is 182 Å². The van der Waals surface area contributed by atoms with Crippen molar-refractivity contribution in [2.24, 2.45) is 0 Å². The number of amides is 1. The van der Waals surface area contributed by atoms with Crippen molar-refractivity contribution in [3.8, 4) is 11.1 Å². The lowest BCUT2D eigenvalue weighted by Gasteiger charge is -2.19. The first-order valence-electron chi connectivity index (χ1n) is 11.0. The number of nitrogens with zero attached hydrogens (tertiary/aromatic N) is 2. The largest absolute Gasteiger partial charge is 0.383 e. The molecule has 3 heterocycles. The molecule has 0 aliphatic carbocycles. The van der Waals surface area contributed by atoms with Crippen LogP contribution in [0, 0.1) is 6.92 Å². The van der Waals surface area contributed by atoms with E-state index >= 15 is 0 Å². The topological polar surface area (TPSA) is 68.5 Å². The van der Waals surface area contributed by atoms with Crippen LogP contribution in [0.1, 0.15) is 40.7 Å². The van der Waals surface area contributed by atoms with Crippen molar-refractivity contribution >= 4 is 28.2 Å². The van der Waals surface area contributed by atoms with Crippen molar-refractivity contribution in [3.05, 3.63) is 65.2 Å². The molecule has 5 nitrogen and oxygen atoms in total. The van der Waals surface area contributed by atoms with Gasteiger partial charge in [0.2, 0.25) is 0 Å². The van der Waals surface area contributed by atoms with Gasteiger partial charge in [-0.3, -0.25) is 4.79 Å². The SMILES string of the molecule is Cc1cccc(C(=O)N2CCCC2)c1-c1ccc2nc(N)c(C3=CCOCC3)cc2c1. The van der Waals surface area contributed by atoms with E-state index in [1.54, 1.807) is 0 Å². The molecular weight excluding hydrogens is 386 g/mol. The molecule has 1 fully saturated rings. The average Bonchev–Trinajstić information content (AvgIpc) is 3.33. The molecule has 0 unspecified atom stereocenters. The van der Waals surface area contributed by atoms with Crippen molar-refractivity contribution in [2.45, 2.75) is 26.2 Å². The van der Waals surface area contributed by atoms with Gasteiger partial charge in [-0.15, -0.1) is 0 Å². The number of likely N-dealkylation sites (tertiary alicyclic amines) is 1. The van der Waals surface area contributed by atoms with E-state index in [9.17, 15) is 4.79 Å². The number of ether oxygens (including phenoxy) is 1. The molecule has 1 amide bonds. The van der Waals surface area contributed by atoms with Gasteiger partial charge in [0, 0.05) is 29.6 Å². The van der Waals surface area contributed by atoms with Crippen molar-refractivity contribution in [2.75, 3.05) is 32.0 Å². The Morgan fingerprint density at radius 2 is 1.97 bits per heavy atom. The van der Waals surface area contributed by atoms with Gasteiger partial charge in [-0.25, -0.2) is 4.98 Å². The maximum atomic E-state index is 13.2. The third kappa shape index (κ3) is 3.70. The van der Waals surface area contributed by atoms with Crippen LogP contribution in [0.4, 0.5) is 5.82 Å². The molecule has 5 heteroatoms. The van der Waals surface area contributed by atoms with Gasteiger partial charge in [0.05, 0.1) is 18.7 Å². The maximum Gasteiger partial charge on any atom is 0.254 e. The fourth-order valence-corrected chi connectivity index (χ4v) is 4.70. The second-order valence-corrected chi connectivity index (χ2v) is 8.38. The molecule has 0 spiro atoms. The van der Waals surface area contributed by atoms with E-state index in [4.69, 9.17) is 10.5 Å². The Hall–Kier alpha value is -3.18. The molecule has 2 aliphatic rings. The van der Waals surface area contributed by atoms with Crippen LogP contribution < -0.4 is 5.73 Å². The highest BCUT2D eigenvalue weighted by molar-refractivity contribution is 6.03. The minimum atomic E-state index is 0.125. The van der Waals surface area contributed by atoms with Gasteiger partial charge in [0.15, 0.2) is 0 Å². The van der Waals surface area contributed by atoms with Crippen LogP contribution in [0.25, 0.3) is 27.6 Å². The Morgan fingerprint density at radius 3 is 2.74 bits per heavy atom. The number of pyridine rings is 1. The Balaban J connectivity index is 1.61. The lowest BCUT2D eigenvalue weighted by molar-refractivity contribution is 0.0793. The first-order chi connectivity index (χ1) is 15.1. The maximum absolute atomic E-state index is 13.2. The molecule has 1 aromatic heterocycles. The first-order valence-corrected chi connectivity index (χ1v) is 11.0. The summed E-state index contributed by atoms with van der Waals surface area (Å²) in [4.78, 5) is 19.9. The number of aryl methyl sites for hydroxylation is 1. The summed E-state index contributed by atoms with van der Waals surface area (Å²) >= 11 is 0. The van der Waals surface area contributed by atoms with Crippen LogP contribution in [-0.2, 0) is 4.74 Å². The Bertz CT molecular complexity index is 1190. The van der Waals surface area contributed by atoms with E-state index < -0.39 is 0 Å². The van der Waals surface area contributed by atoms with Gasteiger partial charge in [-0.05, 0) is 72.7 Å². The van der Waals surface area contributed by atoms with E-state index in [1.165, 1.54) is 5.57 Å². The highest BCUT2D eigenvalue weighted by atomic mass is 16.5. The molecule has 3 aromatic rings. The van der Waals surface area contributed by atoms with Gasteiger partial charge in [-0.2, -0.15) is 0 Å². The van der Waals surface area contributed by atoms with E-state index in [-0.39, 0.29) is 5.91 Å². The van der Waals surface area contributed by atoms with Crippen LogP contribution in [0.15, 0.2) is 48.5 Å². The first kappa shape index (κ1) is 19.8. The lowest BCUT2D eigenvalue weighted by atomic mass is 9.92. The van der Waals surface area contributed by atoms with Gasteiger partial charge in [0.25, 0.3) is 5.91 Å². The number of rotatable bonds is 3. The highest BCUT2D eigenvalue weighted by Gasteiger charge is 2.23. The third-order valence-corrected chi connectivity index (χ3v) is 6.34. The number of carbonyl (C=O) groups excluding carboxylic acids is 1. The monoisotopic (exact) mass is 413 g/mol. The van der Waals surface area contributed by atoms with Crippen LogP contribution in [0.5, 0.6) is 0 Å². The summed E-state index contributed by atoms with van der Waals surface area (Å²) in [6, 6.07) is 14.3. The minimum absolute atomic E-state index is 0.125. The number of hydrogen-bond acceptors (Lipinski definition) is 4. The molecule has 31 heavy (non-hydrogen) atoms. The molecule has 1 saturated heterocycles. The molecule has 0 radical (unpaired) electrons.